The average Bonchev–Trinajstić information content (AvgIpc) is 2.42. The van der Waals surface area contributed by atoms with Crippen molar-refractivity contribution in [2.75, 3.05) is 12.3 Å². The smallest absolute Gasteiger partial charge is 0.128 e. The van der Waals surface area contributed by atoms with Crippen LogP contribution in [0, 0.1) is 19.7 Å². The molecule has 1 aromatic heterocycles. The van der Waals surface area contributed by atoms with Gasteiger partial charge in [0, 0.05) is 17.3 Å². The van der Waals surface area contributed by atoms with E-state index < -0.39 is 0 Å². The van der Waals surface area contributed by atoms with E-state index in [1.165, 1.54) is 6.07 Å². The van der Waals surface area contributed by atoms with Crippen molar-refractivity contribution in [1.29, 1.82) is 0 Å². The Morgan fingerprint density at radius 1 is 1.20 bits per heavy atom. The molecule has 0 aliphatic carbocycles. The van der Waals surface area contributed by atoms with Gasteiger partial charge in [0.15, 0.2) is 0 Å². The number of hydrogen-bond donors (Lipinski definition) is 2. The molecule has 0 saturated heterocycles. The van der Waals surface area contributed by atoms with Crippen LogP contribution in [0.25, 0.3) is 0 Å². The lowest BCUT2D eigenvalue weighted by atomic mass is 9.96. The van der Waals surface area contributed by atoms with Gasteiger partial charge in [0.1, 0.15) is 11.6 Å². The number of nitrogens with two attached hydrogens (primary N) is 1. The van der Waals surface area contributed by atoms with Gasteiger partial charge in [-0.1, -0.05) is 24.6 Å². The van der Waals surface area contributed by atoms with Crippen LogP contribution in [0.5, 0.6) is 0 Å². The van der Waals surface area contributed by atoms with Crippen molar-refractivity contribution in [2.45, 2.75) is 26.8 Å². The number of aryl methyl sites for hydroxylation is 2. The highest BCUT2D eigenvalue weighted by molar-refractivity contribution is 5.47. The zero-order valence-electron chi connectivity index (χ0n) is 12.1. The lowest BCUT2D eigenvalue weighted by Crippen LogP contribution is -2.24. The second-order valence-electron chi connectivity index (χ2n) is 5.00. The molecule has 0 spiro atoms. The number of benzene rings is 1. The molecule has 2 aromatic rings. The summed E-state index contributed by atoms with van der Waals surface area (Å²) in [6.07, 6.45) is 1.72. The lowest BCUT2D eigenvalue weighted by molar-refractivity contribution is 0.558. The van der Waals surface area contributed by atoms with Crippen LogP contribution in [0.4, 0.5) is 10.2 Å². The highest BCUT2D eigenvalue weighted by Crippen LogP contribution is 2.28. The van der Waals surface area contributed by atoms with Crippen LogP contribution in [0.1, 0.15) is 35.2 Å². The summed E-state index contributed by atoms with van der Waals surface area (Å²) >= 11 is 0. The second-order valence-corrected chi connectivity index (χ2v) is 5.00. The SMILES string of the molecule is CCNC(c1cc(C)ccc1F)c1cc(C)cnc1N. The molecule has 20 heavy (non-hydrogen) atoms. The first-order chi connectivity index (χ1) is 9.52. The van der Waals surface area contributed by atoms with E-state index >= 15 is 0 Å². The van der Waals surface area contributed by atoms with Crippen molar-refractivity contribution in [3.8, 4) is 0 Å². The lowest BCUT2D eigenvalue weighted by Gasteiger charge is -2.21. The first kappa shape index (κ1) is 14.5. The first-order valence-corrected chi connectivity index (χ1v) is 6.74. The zero-order valence-corrected chi connectivity index (χ0v) is 12.1. The number of aromatic nitrogens is 1. The predicted octanol–water partition coefficient (Wildman–Crippen LogP) is 3.12. The van der Waals surface area contributed by atoms with E-state index in [0.29, 0.717) is 17.9 Å². The minimum absolute atomic E-state index is 0.234. The van der Waals surface area contributed by atoms with Crippen LogP contribution in [0.2, 0.25) is 0 Å². The number of anilines is 1. The molecule has 4 heteroatoms. The number of rotatable bonds is 4. The van der Waals surface area contributed by atoms with E-state index in [1.807, 2.05) is 32.9 Å². The monoisotopic (exact) mass is 273 g/mol. The molecule has 1 heterocycles. The molecule has 0 amide bonds. The van der Waals surface area contributed by atoms with Crippen LogP contribution >= 0.6 is 0 Å². The zero-order chi connectivity index (χ0) is 14.7. The van der Waals surface area contributed by atoms with Crippen LogP contribution in [0.3, 0.4) is 0 Å². The van der Waals surface area contributed by atoms with E-state index in [2.05, 4.69) is 10.3 Å². The summed E-state index contributed by atoms with van der Waals surface area (Å²) in [6, 6.07) is 6.78. The molecule has 0 bridgehead atoms. The number of nitrogen functional groups attached to an aromatic ring is 1. The number of nitrogens with one attached hydrogen (secondary N) is 1. The molecular weight excluding hydrogens is 253 g/mol. The van der Waals surface area contributed by atoms with Crippen molar-refractivity contribution in [3.63, 3.8) is 0 Å². The first-order valence-electron chi connectivity index (χ1n) is 6.74. The second kappa shape index (κ2) is 6.01. The van der Waals surface area contributed by atoms with Gasteiger partial charge in [0.25, 0.3) is 0 Å². The minimum atomic E-state index is -0.285. The summed E-state index contributed by atoms with van der Waals surface area (Å²) in [6.45, 7) is 6.60. The average molecular weight is 273 g/mol. The molecule has 2 rings (SSSR count). The molecule has 0 saturated carbocycles. The molecule has 3 nitrogen and oxygen atoms in total. The maximum absolute atomic E-state index is 14.2. The fourth-order valence-electron chi connectivity index (χ4n) is 2.31. The Balaban J connectivity index is 2.55. The summed E-state index contributed by atoms with van der Waals surface area (Å²) < 4.78 is 14.2. The third kappa shape index (κ3) is 2.96. The minimum Gasteiger partial charge on any atom is -0.383 e. The van der Waals surface area contributed by atoms with Gasteiger partial charge in [0.2, 0.25) is 0 Å². The summed E-state index contributed by atoms with van der Waals surface area (Å²) in [4.78, 5) is 4.17. The van der Waals surface area contributed by atoms with Gasteiger partial charge < -0.3 is 11.1 Å². The van der Waals surface area contributed by atoms with Crippen molar-refractivity contribution < 1.29 is 4.39 Å². The number of halogens is 1. The topological polar surface area (TPSA) is 50.9 Å². The Morgan fingerprint density at radius 2 is 1.90 bits per heavy atom. The maximum atomic E-state index is 14.2. The van der Waals surface area contributed by atoms with Crippen molar-refractivity contribution in [1.82, 2.24) is 10.3 Å². The highest BCUT2D eigenvalue weighted by Gasteiger charge is 2.20. The van der Waals surface area contributed by atoms with E-state index in [-0.39, 0.29) is 11.9 Å². The summed E-state index contributed by atoms with van der Waals surface area (Å²) in [5.74, 6) is 0.199. The summed E-state index contributed by atoms with van der Waals surface area (Å²) in [7, 11) is 0. The van der Waals surface area contributed by atoms with Gasteiger partial charge in [-0.3, -0.25) is 0 Å². The van der Waals surface area contributed by atoms with Crippen LogP contribution in [0.15, 0.2) is 30.5 Å². The molecule has 1 atom stereocenters. The Labute approximate surface area is 119 Å². The molecule has 1 unspecified atom stereocenters. The Morgan fingerprint density at radius 3 is 2.60 bits per heavy atom. The standard InChI is InChI=1S/C16H20FN3/c1-4-19-15(12-7-10(2)5-6-14(12)17)13-8-11(3)9-20-16(13)18/h5-9,15,19H,4H2,1-3H3,(H2,18,20). The maximum Gasteiger partial charge on any atom is 0.128 e. The fourth-order valence-corrected chi connectivity index (χ4v) is 2.31. The van der Waals surface area contributed by atoms with Crippen LogP contribution in [-0.4, -0.2) is 11.5 Å². The van der Waals surface area contributed by atoms with Gasteiger partial charge >= 0.3 is 0 Å². The third-order valence-electron chi connectivity index (χ3n) is 3.27. The quantitative estimate of drug-likeness (QED) is 0.900. The molecule has 0 aliphatic rings. The van der Waals surface area contributed by atoms with Crippen molar-refractivity contribution >= 4 is 5.82 Å². The fraction of sp³-hybridized carbons (Fsp3) is 0.312. The highest BCUT2D eigenvalue weighted by atomic mass is 19.1. The molecule has 106 valence electrons. The van der Waals surface area contributed by atoms with Gasteiger partial charge in [-0.25, -0.2) is 9.37 Å². The molecule has 1 aromatic carbocycles. The van der Waals surface area contributed by atoms with E-state index in [0.717, 1.165) is 16.7 Å². The van der Waals surface area contributed by atoms with Gasteiger partial charge in [0.05, 0.1) is 6.04 Å². The van der Waals surface area contributed by atoms with Gasteiger partial charge in [-0.05, 0) is 38.1 Å². The molecule has 0 radical (unpaired) electrons. The molecule has 0 aliphatic heterocycles. The third-order valence-corrected chi connectivity index (χ3v) is 3.27. The Kier molecular flexibility index (Phi) is 4.35. The molecule has 0 fully saturated rings. The summed E-state index contributed by atoms with van der Waals surface area (Å²) in [5.41, 5.74) is 9.41. The summed E-state index contributed by atoms with van der Waals surface area (Å²) in [5, 5.41) is 3.29. The predicted molar refractivity (Wildman–Crippen MR) is 80.0 cm³/mol. The van der Waals surface area contributed by atoms with E-state index in [4.69, 9.17) is 5.73 Å². The largest absolute Gasteiger partial charge is 0.383 e. The normalized spacial score (nSPS) is 12.4. The van der Waals surface area contributed by atoms with E-state index in [9.17, 15) is 4.39 Å². The molecule has 3 N–H and O–H groups in total. The number of nitrogens with zero attached hydrogens (tertiary/aromatic N) is 1. The number of hydrogen-bond acceptors (Lipinski definition) is 3. The van der Waals surface area contributed by atoms with Crippen molar-refractivity contribution in [2.24, 2.45) is 0 Å². The van der Waals surface area contributed by atoms with E-state index in [1.54, 1.807) is 12.3 Å². The molecular formula is C16H20FN3. The van der Waals surface area contributed by atoms with Crippen LogP contribution in [-0.2, 0) is 0 Å². The van der Waals surface area contributed by atoms with Crippen LogP contribution < -0.4 is 11.1 Å². The Hall–Kier alpha value is -1.94. The van der Waals surface area contributed by atoms with Gasteiger partial charge in [-0.15, -0.1) is 0 Å². The number of pyridine rings is 1. The van der Waals surface area contributed by atoms with Gasteiger partial charge in [-0.2, -0.15) is 0 Å². The Bertz CT molecular complexity index is 559. The van der Waals surface area contributed by atoms with Crippen molar-refractivity contribution in [3.05, 3.63) is 58.5 Å².